The highest BCUT2D eigenvalue weighted by molar-refractivity contribution is 7.18. The first-order valence-electron chi connectivity index (χ1n) is 10.4. The van der Waals surface area contributed by atoms with Crippen LogP contribution >= 0.6 is 11.3 Å². The molecule has 152 valence electrons. The van der Waals surface area contributed by atoms with Crippen LogP contribution in [0.3, 0.4) is 0 Å². The summed E-state index contributed by atoms with van der Waals surface area (Å²) in [5, 5.41) is 6.15. The molecule has 1 aliphatic rings. The van der Waals surface area contributed by atoms with Crippen molar-refractivity contribution in [3.8, 4) is 0 Å². The van der Waals surface area contributed by atoms with Gasteiger partial charge in [-0.3, -0.25) is 9.59 Å². The van der Waals surface area contributed by atoms with Gasteiger partial charge in [0.15, 0.2) is 0 Å². The zero-order chi connectivity index (χ0) is 20.7. The number of aromatic amines is 1. The number of hydrogen-bond acceptors (Lipinski definition) is 4. The van der Waals surface area contributed by atoms with E-state index in [0.29, 0.717) is 12.2 Å². The molecule has 2 N–H and O–H groups in total. The van der Waals surface area contributed by atoms with E-state index < -0.39 is 0 Å². The fraction of sp³-hybridized carbons (Fsp3) is 0.292. The number of carbonyl (C=O) groups is 1. The van der Waals surface area contributed by atoms with Gasteiger partial charge in [-0.05, 0) is 48.1 Å². The minimum atomic E-state index is -0.0987. The van der Waals surface area contributed by atoms with Crippen LogP contribution < -0.4 is 10.9 Å². The van der Waals surface area contributed by atoms with Crippen molar-refractivity contribution < 1.29 is 4.79 Å². The first kappa shape index (κ1) is 19.0. The van der Waals surface area contributed by atoms with Gasteiger partial charge in [0.05, 0.1) is 11.4 Å². The van der Waals surface area contributed by atoms with E-state index in [1.807, 2.05) is 25.1 Å². The molecule has 4 aromatic rings. The normalized spacial score (nSPS) is 14.2. The lowest BCUT2D eigenvalue weighted by molar-refractivity contribution is -0.121. The van der Waals surface area contributed by atoms with Crippen LogP contribution in [-0.2, 0) is 24.1 Å². The molecule has 2 heterocycles. The van der Waals surface area contributed by atoms with E-state index in [4.69, 9.17) is 0 Å². The van der Waals surface area contributed by atoms with Crippen molar-refractivity contribution in [1.82, 2.24) is 15.3 Å². The molecule has 5 nitrogen and oxygen atoms in total. The Balaban J connectivity index is 1.29. The summed E-state index contributed by atoms with van der Waals surface area (Å²) in [5.74, 6) is 0.534. The number of amides is 1. The quantitative estimate of drug-likeness (QED) is 0.504. The van der Waals surface area contributed by atoms with Gasteiger partial charge in [-0.25, -0.2) is 4.98 Å². The number of fused-ring (bicyclic) bond motifs is 4. The summed E-state index contributed by atoms with van der Waals surface area (Å²) < 4.78 is 0. The van der Waals surface area contributed by atoms with Gasteiger partial charge >= 0.3 is 0 Å². The van der Waals surface area contributed by atoms with Crippen molar-refractivity contribution in [3.63, 3.8) is 0 Å². The Morgan fingerprint density at radius 1 is 1.20 bits per heavy atom. The van der Waals surface area contributed by atoms with Crippen LogP contribution in [0.2, 0.25) is 0 Å². The van der Waals surface area contributed by atoms with Gasteiger partial charge < -0.3 is 10.3 Å². The van der Waals surface area contributed by atoms with E-state index in [2.05, 4.69) is 39.6 Å². The number of thiophene rings is 1. The third-order valence-corrected chi connectivity index (χ3v) is 7.07. The summed E-state index contributed by atoms with van der Waals surface area (Å²) in [6, 6.07) is 14.2. The van der Waals surface area contributed by atoms with E-state index in [1.165, 1.54) is 10.4 Å². The van der Waals surface area contributed by atoms with Gasteiger partial charge in [-0.1, -0.05) is 42.5 Å². The Bertz CT molecular complexity index is 1320. The number of nitrogens with one attached hydrogen (secondary N) is 2. The van der Waals surface area contributed by atoms with E-state index in [9.17, 15) is 9.59 Å². The standard InChI is InChI=1S/C24H23N3O2S/c1-14(16-9-4-7-15-6-2-3-8-17(15)16)25-21(28)13-12-20-26-23(29)22-18-10-5-11-19(18)30-24(22)27-20/h2-4,6-9,14H,5,10-13H2,1H3,(H,25,28)(H,26,27,29)/t14-/m0/s1. The van der Waals surface area contributed by atoms with Crippen LogP contribution in [0.4, 0.5) is 0 Å². The molecule has 0 bridgehead atoms. The van der Waals surface area contributed by atoms with Crippen LogP contribution in [0.1, 0.15) is 47.6 Å². The third-order valence-electron chi connectivity index (χ3n) is 5.88. The molecule has 0 fully saturated rings. The van der Waals surface area contributed by atoms with Crippen LogP contribution in [0.5, 0.6) is 0 Å². The number of aromatic nitrogens is 2. The Labute approximate surface area is 178 Å². The van der Waals surface area contributed by atoms with Crippen molar-refractivity contribution in [3.05, 3.63) is 74.6 Å². The zero-order valence-electron chi connectivity index (χ0n) is 16.8. The lowest BCUT2D eigenvalue weighted by Gasteiger charge is -2.16. The number of H-pyrrole nitrogens is 1. The van der Waals surface area contributed by atoms with Gasteiger partial charge in [-0.15, -0.1) is 11.3 Å². The smallest absolute Gasteiger partial charge is 0.259 e. The number of benzene rings is 2. The Kier molecular flexibility index (Phi) is 4.87. The molecule has 1 amide bonds. The molecule has 0 saturated carbocycles. The number of rotatable bonds is 5. The molecule has 6 heteroatoms. The highest BCUT2D eigenvalue weighted by Crippen LogP contribution is 2.34. The predicted octanol–water partition coefficient (Wildman–Crippen LogP) is 4.44. The molecule has 0 radical (unpaired) electrons. The van der Waals surface area contributed by atoms with Gasteiger partial charge in [-0.2, -0.15) is 0 Å². The SMILES string of the molecule is C[C@H](NC(=O)CCc1nc2sc3c(c2c(=O)[nH]1)CCC3)c1cccc2ccccc12. The maximum absolute atomic E-state index is 12.6. The van der Waals surface area contributed by atoms with Gasteiger partial charge in [0.1, 0.15) is 10.7 Å². The Morgan fingerprint density at radius 2 is 2.03 bits per heavy atom. The van der Waals surface area contributed by atoms with Crippen LogP contribution in [-0.4, -0.2) is 15.9 Å². The Hall–Kier alpha value is -2.99. The van der Waals surface area contributed by atoms with E-state index in [1.54, 1.807) is 11.3 Å². The molecule has 5 rings (SSSR count). The summed E-state index contributed by atoms with van der Waals surface area (Å²) >= 11 is 1.63. The third kappa shape index (κ3) is 3.41. The number of carbonyl (C=O) groups excluding carboxylic acids is 1. The van der Waals surface area contributed by atoms with Crippen molar-refractivity contribution in [2.24, 2.45) is 0 Å². The molecule has 0 unspecified atom stereocenters. The van der Waals surface area contributed by atoms with E-state index in [-0.39, 0.29) is 23.9 Å². The second-order valence-corrected chi connectivity index (χ2v) is 8.99. The second-order valence-electron chi connectivity index (χ2n) is 7.91. The van der Waals surface area contributed by atoms with E-state index >= 15 is 0 Å². The van der Waals surface area contributed by atoms with Crippen LogP contribution in [0.25, 0.3) is 21.0 Å². The lowest BCUT2D eigenvalue weighted by Crippen LogP contribution is -2.27. The predicted molar refractivity (Wildman–Crippen MR) is 121 cm³/mol. The minimum Gasteiger partial charge on any atom is -0.350 e. The minimum absolute atomic E-state index is 0.0492. The molecular weight excluding hydrogens is 394 g/mol. The average molecular weight is 418 g/mol. The summed E-state index contributed by atoms with van der Waals surface area (Å²) in [4.78, 5) is 34.8. The summed E-state index contributed by atoms with van der Waals surface area (Å²) in [5.41, 5.74) is 2.21. The molecule has 0 spiro atoms. The first-order chi connectivity index (χ1) is 14.6. The van der Waals surface area contributed by atoms with Gasteiger partial charge in [0, 0.05) is 17.7 Å². The molecule has 30 heavy (non-hydrogen) atoms. The number of aryl methyl sites for hydroxylation is 3. The maximum Gasteiger partial charge on any atom is 0.259 e. The second kappa shape index (κ2) is 7.69. The number of hydrogen-bond donors (Lipinski definition) is 2. The molecule has 0 aliphatic heterocycles. The lowest BCUT2D eigenvalue weighted by atomic mass is 9.99. The van der Waals surface area contributed by atoms with Crippen LogP contribution in [0.15, 0.2) is 47.3 Å². The molecular formula is C24H23N3O2S. The first-order valence-corrected chi connectivity index (χ1v) is 11.2. The van der Waals surface area contributed by atoms with Crippen molar-refractivity contribution in [1.29, 1.82) is 0 Å². The molecule has 2 aromatic heterocycles. The Morgan fingerprint density at radius 3 is 2.93 bits per heavy atom. The molecule has 1 aliphatic carbocycles. The van der Waals surface area contributed by atoms with Gasteiger partial charge in [0.2, 0.25) is 5.91 Å². The average Bonchev–Trinajstić information content (AvgIpc) is 3.32. The van der Waals surface area contributed by atoms with Gasteiger partial charge in [0.25, 0.3) is 5.56 Å². The molecule has 0 saturated heterocycles. The monoisotopic (exact) mass is 417 g/mol. The highest BCUT2D eigenvalue weighted by Gasteiger charge is 2.21. The van der Waals surface area contributed by atoms with Crippen molar-refractivity contribution in [2.75, 3.05) is 0 Å². The summed E-state index contributed by atoms with van der Waals surface area (Å²) in [6.07, 6.45) is 3.83. The topological polar surface area (TPSA) is 74.8 Å². The van der Waals surface area contributed by atoms with E-state index in [0.717, 1.165) is 45.8 Å². The maximum atomic E-state index is 12.6. The summed E-state index contributed by atoms with van der Waals surface area (Å²) in [7, 11) is 0. The summed E-state index contributed by atoms with van der Waals surface area (Å²) in [6.45, 7) is 2.00. The zero-order valence-corrected chi connectivity index (χ0v) is 17.6. The van der Waals surface area contributed by atoms with Crippen molar-refractivity contribution >= 4 is 38.2 Å². The van der Waals surface area contributed by atoms with Crippen LogP contribution in [0, 0.1) is 0 Å². The fourth-order valence-electron chi connectivity index (χ4n) is 4.42. The molecule has 1 atom stereocenters. The highest BCUT2D eigenvalue weighted by atomic mass is 32.1. The largest absolute Gasteiger partial charge is 0.350 e. The number of nitrogens with zero attached hydrogens (tertiary/aromatic N) is 1. The van der Waals surface area contributed by atoms with Crippen molar-refractivity contribution in [2.45, 2.75) is 45.1 Å². The fourth-order valence-corrected chi connectivity index (χ4v) is 5.70. The molecule has 2 aromatic carbocycles.